The van der Waals surface area contributed by atoms with Gasteiger partial charge in [0.25, 0.3) is 5.91 Å². The van der Waals surface area contributed by atoms with Gasteiger partial charge in [0.05, 0.1) is 0 Å². The number of amides is 1. The number of carbonyl (C=O) groups is 1. The van der Waals surface area contributed by atoms with Crippen LogP contribution in [0.5, 0.6) is 0 Å². The van der Waals surface area contributed by atoms with Gasteiger partial charge in [-0.2, -0.15) is 0 Å². The van der Waals surface area contributed by atoms with Gasteiger partial charge in [-0.15, -0.1) is 0 Å². The summed E-state index contributed by atoms with van der Waals surface area (Å²) in [5, 5.41) is 12.0. The van der Waals surface area contributed by atoms with Gasteiger partial charge in [-0.25, -0.2) is 0 Å². The second-order valence-corrected chi connectivity index (χ2v) is 4.89. The van der Waals surface area contributed by atoms with E-state index in [0.29, 0.717) is 16.3 Å². The molecule has 0 aliphatic carbocycles. The van der Waals surface area contributed by atoms with Gasteiger partial charge >= 0.3 is 0 Å². The molecule has 2 aromatic carbocycles. The first-order valence-corrected chi connectivity index (χ1v) is 6.75. The smallest absolute Gasteiger partial charge is 0.255 e. The zero-order valence-electron chi connectivity index (χ0n) is 11.5. The number of aliphatic hydroxyl groups is 1. The first kappa shape index (κ1) is 15.1. The van der Waals surface area contributed by atoms with Crippen molar-refractivity contribution in [2.24, 2.45) is 0 Å². The number of benzene rings is 2. The van der Waals surface area contributed by atoms with Gasteiger partial charge in [-0.3, -0.25) is 4.79 Å². The summed E-state index contributed by atoms with van der Waals surface area (Å²) in [6, 6.07) is 12.2. The summed E-state index contributed by atoms with van der Waals surface area (Å²) in [5.74, 6) is 5.24. The second-order valence-electron chi connectivity index (χ2n) is 4.45. The quantitative estimate of drug-likeness (QED) is 0.836. The predicted molar refractivity (Wildman–Crippen MR) is 84.5 cm³/mol. The number of rotatable bonds is 2. The number of aryl methyl sites for hydroxylation is 1. The Kier molecular flexibility index (Phi) is 4.99. The molecule has 0 spiro atoms. The third-order valence-corrected chi connectivity index (χ3v) is 3.11. The summed E-state index contributed by atoms with van der Waals surface area (Å²) in [6.07, 6.45) is 0. The second kappa shape index (κ2) is 6.94. The Morgan fingerprint density at radius 1 is 1.29 bits per heavy atom. The molecular formula is C17H14ClNO2. The maximum absolute atomic E-state index is 12.1. The van der Waals surface area contributed by atoms with Gasteiger partial charge in [0.15, 0.2) is 0 Å². The van der Waals surface area contributed by atoms with Crippen molar-refractivity contribution in [2.75, 3.05) is 11.9 Å². The molecule has 0 unspecified atom stereocenters. The number of nitrogens with one attached hydrogen (secondary N) is 1. The highest BCUT2D eigenvalue weighted by Crippen LogP contribution is 2.17. The summed E-state index contributed by atoms with van der Waals surface area (Å²) in [4.78, 5) is 12.1. The number of hydrogen-bond donors (Lipinski definition) is 2. The van der Waals surface area contributed by atoms with Crippen LogP contribution in [0, 0.1) is 18.8 Å². The topological polar surface area (TPSA) is 49.3 Å². The molecule has 0 saturated carbocycles. The van der Waals surface area contributed by atoms with Crippen molar-refractivity contribution >= 4 is 23.2 Å². The lowest BCUT2D eigenvalue weighted by atomic mass is 10.1. The van der Waals surface area contributed by atoms with E-state index >= 15 is 0 Å². The molecule has 0 aromatic heterocycles. The fraction of sp³-hybridized carbons (Fsp3) is 0.118. The van der Waals surface area contributed by atoms with Crippen LogP contribution in [0.1, 0.15) is 21.5 Å². The van der Waals surface area contributed by atoms with Gasteiger partial charge in [0, 0.05) is 21.8 Å². The highest BCUT2D eigenvalue weighted by Gasteiger charge is 2.07. The lowest BCUT2D eigenvalue weighted by molar-refractivity contribution is 0.102. The van der Waals surface area contributed by atoms with Gasteiger partial charge < -0.3 is 10.4 Å². The first-order valence-electron chi connectivity index (χ1n) is 6.37. The molecule has 0 bridgehead atoms. The van der Waals surface area contributed by atoms with E-state index in [0.717, 1.165) is 11.1 Å². The van der Waals surface area contributed by atoms with E-state index in [1.54, 1.807) is 30.3 Å². The molecular weight excluding hydrogens is 286 g/mol. The Hall–Kier alpha value is -2.28. The minimum absolute atomic E-state index is 0.174. The number of hydrogen-bond acceptors (Lipinski definition) is 2. The molecule has 0 atom stereocenters. The van der Waals surface area contributed by atoms with Crippen LogP contribution in [-0.2, 0) is 0 Å². The lowest BCUT2D eigenvalue weighted by Crippen LogP contribution is -2.11. The van der Waals surface area contributed by atoms with Gasteiger partial charge in [0.1, 0.15) is 6.61 Å². The Morgan fingerprint density at radius 2 is 2.10 bits per heavy atom. The van der Waals surface area contributed by atoms with Crippen molar-refractivity contribution in [3.05, 3.63) is 64.2 Å². The molecule has 2 aromatic rings. The van der Waals surface area contributed by atoms with E-state index in [4.69, 9.17) is 16.7 Å². The van der Waals surface area contributed by atoms with E-state index < -0.39 is 0 Å². The fourth-order valence-corrected chi connectivity index (χ4v) is 2.04. The number of carbonyl (C=O) groups excluding carboxylic acids is 1. The van der Waals surface area contributed by atoms with Gasteiger partial charge in [-0.05, 0) is 48.9 Å². The van der Waals surface area contributed by atoms with Crippen LogP contribution >= 0.6 is 11.6 Å². The normalized spacial score (nSPS) is 9.67. The maximum Gasteiger partial charge on any atom is 0.255 e. The summed E-state index contributed by atoms with van der Waals surface area (Å²) in [7, 11) is 0. The van der Waals surface area contributed by atoms with Crippen LogP contribution in [0.4, 0.5) is 5.69 Å². The first-order chi connectivity index (χ1) is 10.1. The summed E-state index contributed by atoms with van der Waals surface area (Å²) < 4.78 is 0. The van der Waals surface area contributed by atoms with Crippen molar-refractivity contribution in [1.82, 2.24) is 0 Å². The summed E-state index contributed by atoms with van der Waals surface area (Å²) in [5.41, 5.74) is 2.95. The van der Waals surface area contributed by atoms with E-state index in [2.05, 4.69) is 17.2 Å². The molecule has 4 heteroatoms. The predicted octanol–water partition coefficient (Wildman–Crippen LogP) is 3.24. The third-order valence-electron chi connectivity index (χ3n) is 2.87. The van der Waals surface area contributed by atoms with Gasteiger partial charge in [-0.1, -0.05) is 29.5 Å². The van der Waals surface area contributed by atoms with Crippen LogP contribution < -0.4 is 5.32 Å². The highest BCUT2D eigenvalue weighted by molar-refractivity contribution is 6.31. The van der Waals surface area contributed by atoms with Crippen LogP contribution in [0.15, 0.2) is 42.5 Å². The zero-order chi connectivity index (χ0) is 15.2. The molecule has 0 aliphatic rings. The van der Waals surface area contributed by atoms with Crippen LogP contribution in [0.25, 0.3) is 0 Å². The summed E-state index contributed by atoms with van der Waals surface area (Å²) in [6.45, 7) is 1.73. The SMILES string of the molecule is Cc1cc(NC(=O)c2cccc(Cl)c2)ccc1C#CCO. The Bertz CT molecular complexity index is 729. The highest BCUT2D eigenvalue weighted by atomic mass is 35.5. The third kappa shape index (κ3) is 4.09. The molecule has 2 rings (SSSR count). The maximum atomic E-state index is 12.1. The number of halogens is 1. The molecule has 0 aliphatic heterocycles. The van der Waals surface area contributed by atoms with Crippen molar-refractivity contribution in [1.29, 1.82) is 0 Å². The Balaban J connectivity index is 2.17. The minimum atomic E-state index is -0.217. The minimum Gasteiger partial charge on any atom is -0.384 e. The van der Waals surface area contributed by atoms with E-state index in [9.17, 15) is 4.79 Å². The van der Waals surface area contributed by atoms with E-state index in [-0.39, 0.29) is 12.5 Å². The fourth-order valence-electron chi connectivity index (χ4n) is 1.85. The molecule has 0 radical (unpaired) electrons. The zero-order valence-corrected chi connectivity index (χ0v) is 12.2. The van der Waals surface area contributed by atoms with E-state index in [1.165, 1.54) is 0 Å². The van der Waals surface area contributed by atoms with Crippen molar-refractivity contribution in [3.63, 3.8) is 0 Å². The Labute approximate surface area is 128 Å². The van der Waals surface area contributed by atoms with Crippen molar-refractivity contribution in [3.8, 4) is 11.8 Å². The molecule has 106 valence electrons. The molecule has 3 nitrogen and oxygen atoms in total. The molecule has 0 heterocycles. The molecule has 0 saturated heterocycles. The molecule has 0 fully saturated rings. The standard InChI is InChI=1S/C17H14ClNO2/c1-12-10-16(8-7-13(12)5-3-9-20)19-17(21)14-4-2-6-15(18)11-14/h2,4,6-8,10-11,20H,9H2,1H3,(H,19,21). The molecule has 2 N–H and O–H groups in total. The average molecular weight is 300 g/mol. The van der Waals surface area contributed by atoms with Gasteiger partial charge in [0.2, 0.25) is 0 Å². The summed E-state index contributed by atoms with van der Waals surface area (Å²) >= 11 is 5.87. The number of aliphatic hydroxyl groups excluding tert-OH is 1. The van der Waals surface area contributed by atoms with Crippen molar-refractivity contribution < 1.29 is 9.90 Å². The monoisotopic (exact) mass is 299 g/mol. The molecule has 1 amide bonds. The van der Waals surface area contributed by atoms with Crippen molar-refractivity contribution in [2.45, 2.75) is 6.92 Å². The molecule has 21 heavy (non-hydrogen) atoms. The average Bonchev–Trinajstić information content (AvgIpc) is 2.46. The van der Waals surface area contributed by atoms with Crippen LogP contribution in [-0.4, -0.2) is 17.6 Å². The van der Waals surface area contributed by atoms with Crippen LogP contribution in [0.2, 0.25) is 5.02 Å². The van der Waals surface area contributed by atoms with E-state index in [1.807, 2.05) is 19.1 Å². The Morgan fingerprint density at radius 3 is 2.76 bits per heavy atom. The number of anilines is 1. The largest absolute Gasteiger partial charge is 0.384 e. The van der Waals surface area contributed by atoms with Crippen LogP contribution in [0.3, 0.4) is 0 Å². The lowest BCUT2D eigenvalue weighted by Gasteiger charge is -2.07.